The summed E-state index contributed by atoms with van der Waals surface area (Å²) < 4.78 is 4.58. The Bertz CT molecular complexity index is 670. The molecule has 1 aliphatic heterocycles. The van der Waals surface area contributed by atoms with Crippen molar-refractivity contribution in [2.24, 2.45) is 5.92 Å². The van der Waals surface area contributed by atoms with E-state index in [2.05, 4.69) is 4.74 Å². The van der Waals surface area contributed by atoms with Gasteiger partial charge in [0.15, 0.2) is 0 Å². The van der Waals surface area contributed by atoms with Crippen LogP contribution in [0.1, 0.15) is 16.8 Å². The topological polar surface area (TPSA) is 127 Å². The molecule has 0 aliphatic carbocycles. The molecule has 1 fully saturated rings. The molecule has 2 rings (SSSR count). The largest absolute Gasteiger partial charge is 0.477 e. The van der Waals surface area contributed by atoms with Crippen molar-refractivity contribution in [2.45, 2.75) is 6.42 Å². The summed E-state index contributed by atoms with van der Waals surface area (Å²) >= 11 is 0. The van der Waals surface area contributed by atoms with Crippen LogP contribution in [-0.4, -0.2) is 41.5 Å². The predicted octanol–water partition coefficient (Wildman–Crippen LogP) is 0.819. The third-order valence-electron chi connectivity index (χ3n) is 3.38. The monoisotopic (exact) mass is 308 g/mol. The Morgan fingerprint density at radius 1 is 1.45 bits per heavy atom. The Morgan fingerprint density at radius 3 is 2.68 bits per heavy atom. The highest BCUT2D eigenvalue weighted by Gasteiger charge is 2.36. The van der Waals surface area contributed by atoms with Crippen LogP contribution in [0.5, 0.6) is 0 Å². The zero-order chi connectivity index (χ0) is 16.4. The van der Waals surface area contributed by atoms with E-state index in [1.807, 2.05) is 0 Å². The number of carbonyl (C=O) groups is 3. The number of ether oxygens (including phenoxy) is 1. The summed E-state index contributed by atoms with van der Waals surface area (Å²) in [6.07, 6.45) is -0.0495. The van der Waals surface area contributed by atoms with Gasteiger partial charge < -0.3 is 14.7 Å². The molecule has 9 nitrogen and oxygen atoms in total. The maximum absolute atomic E-state index is 11.9. The van der Waals surface area contributed by atoms with Gasteiger partial charge in [-0.3, -0.25) is 19.7 Å². The Balaban J connectivity index is 2.36. The number of anilines is 1. The minimum atomic E-state index is -1.47. The molecule has 0 aromatic heterocycles. The van der Waals surface area contributed by atoms with E-state index < -0.39 is 34.0 Å². The second-order valence-corrected chi connectivity index (χ2v) is 4.69. The Morgan fingerprint density at radius 2 is 2.14 bits per heavy atom. The summed E-state index contributed by atoms with van der Waals surface area (Å²) in [6.45, 7) is 0.0440. The number of carboxylic acid groups (broad SMARTS) is 1. The average Bonchev–Trinajstić information content (AvgIpc) is 2.87. The molecule has 22 heavy (non-hydrogen) atoms. The molecule has 116 valence electrons. The molecule has 1 atom stereocenters. The molecule has 1 heterocycles. The quantitative estimate of drug-likeness (QED) is 0.495. The summed E-state index contributed by atoms with van der Waals surface area (Å²) in [5.74, 6) is -3.01. The van der Waals surface area contributed by atoms with Gasteiger partial charge in [0.05, 0.1) is 18.0 Å². The van der Waals surface area contributed by atoms with Crippen LogP contribution in [0.2, 0.25) is 0 Å². The first-order valence-corrected chi connectivity index (χ1v) is 6.25. The highest BCUT2D eigenvalue weighted by molar-refractivity contribution is 6.01. The zero-order valence-corrected chi connectivity index (χ0v) is 11.5. The number of carbonyl (C=O) groups excluding carboxylic acids is 2. The van der Waals surface area contributed by atoms with E-state index in [0.29, 0.717) is 0 Å². The van der Waals surface area contributed by atoms with Crippen molar-refractivity contribution in [3.8, 4) is 0 Å². The van der Waals surface area contributed by atoms with Gasteiger partial charge in [0.25, 0.3) is 5.69 Å². The first-order chi connectivity index (χ1) is 10.3. The van der Waals surface area contributed by atoms with Crippen LogP contribution >= 0.6 is 0 Å². The summed E-state index contributed by atoms with van der Waals surface area (Å²) in [5.41, 5.74) is -0.886. The number of amides is 1. The van der Waals surface area contributed by atoms with Gasteiger partial charge >= 0.3 is 11.9 Å². The van der Waals surface area contributed by atoms with Crippen molar-refractivity contribution < 1.29 is 29.2 Å². The van der Waals surface area contributed by atoms with E-state index in [1.54, 1.807) is 0 Å². The molecule has 1 saturated heterocycles. The number of methoxy groups -OCH3 is 1. The molecule has 1 aliphatic rings. The normalized spacial score (nSPS) is 17.4. The lowest BCUT2D eigenvalue weighted by atomic mass is 10.1. The fraction of sp³-hybridized carbons (Fsp3) is 0.308. The molecule has 0 saturated carbocycles. The van der Waals surface area contributed by atoms with E-state index in [9.17, 15) is 24.5 Å². The Hall–Kier alpha value is -2.97. The maximum atomic E-state index is 11.9. The van der Waals surface area contributed by atoms with Crippen molar-refractivity contribution >= 4 is 29.2 Å². The fourth-order valence-electron chi connectivity index (χ4n) is 2.30. The Labute approximate surface area is 124 Å². The first kappa shape index (κ1) is 15.4. The van der Waals surface area contributed by atoms with Crippen LogP contribution in [0.4, 0.5) is 11.4 Å². The number of rotatable bonds is 4. The van der Waals surface area contributed by atoms with Gasteiger partial charge in [0.2, 0.25) is 5.91 Å². The first-order valence-electron chi connectivity index (χ1n) is 6.25. The van der Waals surface area contributed by atoms with Crippen LogP contribution < -0.4 is 4.90 Å². The number of aromatic carboxylic acids is 1. The number of nitro benzene ring substituents is 1. The van der Waals surface area contributed by atoms with E-state index in [4.69, 9.17) is 5.11 Å². The van der Waals surface area contributed by atoms with Crippen LogP contribution in [-0.2, 0) is 14.3 Å². The van der Waals surface area contributed by atoms with Crippen molar-refractivity contribution in [3.63, 3.8) is 0 Å². The maximum Gasteiger partial charge on any atom is 0.342 e. The average molecular weight is 308 g/mol. The third kappa shape index (κ3) is 2.73. The Kier molecular flexibility index (Phi) is 4.06. The van der Waals surface area contributed by atoms with Gasteiger partial charge in [-0.1, -0.05) is 0 Å². The molecular weight excluding hydrogens is 296 g/mol. The number of hydrogen-bond acceptors (Lipinski definition) is 6. The smallest absolute Gasteiger partial charge is 0.342 e. The van der Waals surface area contributed by atoms with Crippen LogP contribution in [0.15, 0.2) is 18.2 Å². The summed E-state index contributed by atoms with van der Waals surface area (Å²) in [7, 11) is 1.21. The number of hydrogen-bond donors (Lipinski definition) is 1. The molecule has 1 N–H and O–H groups in total. The fourth-order valence-corrected chi connectivity index (χ4v) is 2.30. The second-order valence-electron chi connectivity index (χ2n) is 4.69. The van der Waals surface area contributed by atoms with E-state index >= 15 is 0 Å². The standard InChI is InChI=1S/C13H12N2O7/c1-22-13(19)7-4-11(16)14(6-7)8-2-3-10(15(20)21)9(5-8)12(17)18/h2-3,5,7H,4,6H2,1H3,(H,17,18). The SMILES string of the molecule is COC(=O)C1CC(=O)N(c2ccc([N+](=O)[O-])c(C(=O)O)c2)C1. The van der Waals surface area contributed by atoms with Crippen LogP contribution in [0, 0.1) is 16.0 Å². The van der Waals surface area contributed by atoms with Crippen molar-refractivity contribution in [1.29, 1.82) is 0 Å². The van der Waals surface area contributed by atoms with Crippen molar-refractivity contribution in [3.05, 3.63) is 33.9 Å². The zero-order valence-electron chi connectivity index (χ0n) is 11.5. The van der Waals surface area contributed by atoms with Gasteiger partial charge in [0, 0.05) is 24.7 Å². The van der Waals surface area contributed by atoms with Gasteiger partial charge in [-0.15, -0.1) is 0 Å². The third-order valence-corrected chi connectivity index (χ3v) is 3.38. The molecular formula is C13H12N2O7. The summed E-state index contributed by atoms with van der Waals surface area (Å²) in [4.78, 5) is 45.7. The van der Waals surface area contributed by atoms with Gasteiger partial charge in [0.1, 0.15) is 5.56 Å². The van der Waals surface area contributed by atoms with E-state index in [1.165, 1.54) is 18.1 Å². The molecule has 1 amide bonds. The molecule has 9 heteroatoms. The van der Waals surface area contributed by atoms with Gasteiger partial charge in [-0.05, 0) is 12.1 Å². The lowest BCUT2D eigenvalue weighted by Crippen LogP contribution is -2.26. The van der Waals surface area contributed by atoms with Crippen LogP contribution in [0.3, 0.4) is 0 Å². The minimum absolute atomic E-state index is 0.0440. The lowest BCUT2D eigenvalue weighted by Gasteiger charge is -2.16. The number of benzene rings is 1. The molecule has 1 aromatic carbocycles. The highest BCUT2D eigenvalue weighted by Crippen LogP contribution is 2.30. The lowest BCUT2D eigenvalue weighted by molar-refractivity contribution is -0.385. The van der Waals surface area contributed by atoms with Crippen molar-refractivity contribution in [2.75, 3.05) is 18.6 Å². The van der Waals surface area contributed by atoms with E-state index in [0.717, 1.165) is 12.1 Å². The van der Waals surface area contributed by atoms with Crippen LogP contribution in [0.25, 0.3) is 0 Å². The van der Waals surface area contributed by atoms with E-state index in [-0.39, 0.29) is 24.6 Å². The predicted molar refractivity (Wildman–Crippen MR) is 72.5 cm³/mol. The second kappa shape index (κ2) is 5.80. The number of esters is 1. The number of nitrogens with zero attached hydrogens (tertiary/aromatic N) is 2. The van der Waals surface area contributed by atoms with Gasteiger partial charge in [-0.25, -0.2) is 4.79 Å². The minimum Gasteiger partial charge on any atom is -0.477 e. The highest BCUT2D eigenvalue weighted by atomic mass is 16.6. The molecule has 0 spiro atoms. The van der Waals surface area contributed by atoms with Gasteiger partial charge in [-0.2, -0.15) is 0 Å². The summed E-state index contributed by atoms with van der Waals surface area (Å²) in [6, 6.07) is 3.36. The summed E-state index contributed by atoms with van der Waals surface area (Å²) in [5, 5.41) is 19.8. The van der Waals surface area contributed by atoms with Crippen molar-refractivity contribution in [1.82, 2.24) is 0 Å². The molecule has 0 radical (unpaired) electrons. The molecule has 1 unspecified atom stereocenters. The molecule has 1 aromatic rings. The number of carboxylic acids is 1. The molecule has 0 bridgehead atoms. The number of nitro groups is 1.